The molecule has 0 fully saturated rings. The van der Waals surface area contributed by atoms with Crippen molar-refractivity contribution < 1.29 is 14.6 Å². The zero-order chi connectivity index (χ0) is 16.7. The van der Waals surface area contributed by atoms with Crippen molar-refractivity contribution in [2.24, 2.45) is 11.6 Å². The number of aliphatic carboxylic acids is 1. The summed E-state index contributed by atoms with van der Waals surface area (Å²) in [5.74, 6) is 9.98. The smallest absolute Gasteiger partial charge is 0.357 e. The summed E-state index contributed by atoms with van der Waals surface area (Å²) in [6.45, 7) is 0. The number of nitrogens with one attached hydrogen (secondary N) is 1. The van der Waals surface area contributed by atoms with Crippen molar-refractivity contribution in [1.29, 1.82) is 0 Å². The average Bonchev–Trinajstić information content (AvgIpc) is 2.59. The summed E-state index contributed by atoms with van der Waals surface area (Å²) in [6, 6.07) is 10.3. The van der Waals surface area contributed by atoms with Gasteiger partial charge in [-0.05, 0) is 36.4 Å². The lowest BCUT2D eigenvalue weighted by atomic mass is 10.2. The van der Waals surface area contributed by atoms with Crippen molar-refractivity contribution in [3.63, 3.8) is 0 Å². The van der Waals surface area contributed by atoms with E-state index >= 15 is 0 Å². The molecule has 7 nitrogen and oxygen atoms in total. The molecule has 0 unspecified atom stereocenters. The lowest BCUT2D eigenvalue weighted by Gasteiger charge is -2.10. The van der Waals surface area contributed by atoms with Gasteiger partial charge in [0.25, 0.3) is 0 Å². The van der Waals surface area contributed by atoms with E-state index in [0.717, 1.165) is 11.1 Å². The van der Waals surface area contributed by atoms with Crippen LogP contribution in [0.15, 0.2) is 60.4 Å². The summed E-state index contributed by atoms with van der Waals surface area (Å²) in [5, 5.41) is 8.80. The Labute approximate surface area is 132 Å². The van der Waals surface area contributed by atoms with E-state index in [1.807, 2.05) is 12.1 Å². The van der Waals surface area contributed by atoms with Gasteiger partial charge in [-0.1, -0.05) is 11.8 Å². The summed E-state index contributed by atoms with van der Waals surface area (Å²) in [6.07, 6.45) is 3.34. The number of rotatable bonds is 4. The van der Waals surface area contributed by atoms with Crippen LogP contribution in [0.2, 0.25) is 0 Å². The number of hydrogen-bond donors (Lipinski definition) is 4. The Morgan fingerprint density at radius 1 is 1.09 bits per heavy atom. The van der Waals surface area contributed by atoms with Gasteiger partial charge in [-0.3, -0.25) is 10.4 Å². The second-order valence-electron chi connectivity index (χ2n) is 4.30. The lowest BCUT2D eigenvalue weighted by Crippen LogP contribution is -2.31. The fourth-order valence-corrected chi connectivity index (χ4v) is 1.56. The fraction of sp³-hybridized carbons (Fsp3) is 0. The first-order valence-corrected chi connectivity index (χ1v) is 6.50. The number of aromatic nitrogens is 1. The van der Waals surface area contributed by atoms with Crippen LogP contribution in [-0.4, -0.2) is 16.1 Å². The van der Waals surface area contributed by atoms with Crippen LogP contribution in [0.4, 0.5) is 0 Å². The molecule has 0 bridgehead atoms. The number of hydrazine groups is 1. The SMILES string of the molecule is NN/C(Oc1ccc(C#Cc2ccncc2)cc1)=C(\N)C(=O)O. The molecule has 0 aliphatic rings. The van der Waals surface area contributed by atoms with Crippen LogP contribution in [-0.2, 0) is 4.79 Å². The normalized spacial score (nSPS) is 10.8. The van der Waals surface area contributed by atoms with E-state index in [0.29, 0.717) is 5.75 Å². The Bertz CT molecular complexity index is 774. The van der Waals surface area contributed by atoms with Gasteiger partial charge in [0.15, 0.2) is 5.70 Å². The Kier molecular flexibility index (Phi) is 5.17. The van der Waals surface area contributed by atoms with Crippen molar-refractivity contribution in [1.82, 2.24) is 10.4 Å². The molecule has 116 valence electrons. The quantitative estimate of drug-likeness (QED) is 0.213. The van der Waals surface area contributed by atoms with E-state index in [1.165, 1.54) is 0 Å². The van der Waals surface area contributed by atoms with Gasteiger partial charge in [-0.15, -0.1) is 0 Å². The molecule has 2 rings (SSSR count). The number of nitrogens with two attached hydrogens (primary N) is 2. The molecule has 0 aliphatic heterocycles. The maximum Gasteiger partial charge on any atom is 0.357 e. The molecular formula is C16H14N4O3. The lowest BCUT2D eigenvalue weighted by molar-refractivity contribution is -0.132. The number of benzene rings is 1. The Morgan fingerprint density at radius 3 is 2.17 bits per heavy atom. The summed E-state index contributed by atoms with van der Waals surface area (Å²) in [4.78, 5) is 14.7. The molecule has 7 heteroatoms. The molecule has 2 aromatic rings. The molecule has 0 amide bonds. The van der Waals surface area contributed by atoms with E-state index < -0.39 is 11.7 Å². The van der Waals surface area contributed by atoms with Gasteiger partial charge in [0.05, 0.1) is 0 Å². The topological polar surface area (TPSA) is 123 Å². The predicted octanol–water partition coefficient (Wildman–Crippen LogP) is 0.536. The number of carbonyl (C=O) groups is 1. The van der Waals surface area contributed by atoms with Crippen molar-refractivity contribution in [2.45, 2.75) is 0 Å². The van der Waals surface area contributed by atoms with E-state index in [4.69, 9.17) is 21.4 Å². The van der Waals surface area contributed by atoms with Crippen molar-refractivity contribution >= 4 is 5.97 Å². The summed E-state index contributed by atoms with van der Waals surface area (Å²) < 4.78 is 5.29. The highest BCUT2D eigenvalue weighted by molar-refractivity contribution is 5.85. The van der Waals surface area contributed by atoms with Crippen LogP contribution in [0, 0.1) is 11.8 Å². The van der Waals surface area contributed by atoms with Crippen molar-refractivity contribution in [2.75, 3.05) is 0 Å². The van der Waals surface area contributed by atoms with Gasteiger partial charge in [0.2, 0.25) is 5.88 Å². The third-order valence-corrected chi connectivity index (χ3v) is 2.71. The van der Waals surface area contributed by atoms with E-state index in [-0.39, 0.29) is 5.88 Å². The molecule has 1 aromatic carbocycles. The molecular weight excluding hydrogens is 296 g/mol. The highest BCUT2D eigenvalue weighted by Crippen LogP contribution is 2.14. The Morgan fingerprint density at radius 2 is 1.65 bits per heavy atom. The van der Waals surface area contributed by atoms with Gasteiger partial charge in [0, 0.05) is 23.5 Å². The van der Waals surface area contributed by atoms with Gasteiger partial charge >= 0.3 is 5.97 Å². The molecule has 1 aromatic heterocycles. The first kappa shape index (κ1) is 15.9. The van der Waals surface area contributed by atoms with Gasteiger partial charge < -0.3 is 15.6 Å². The van der Waals surface area contributed by atoms with E-state index in [2.05, 4.69) is 22.3 Å². The summed E-state index contributed by atoms with van der Waals surface area (Å²) >= 11 is 0. The standard InChI is InChI=1S/C16H14N4O3/c17-14(16(21)22)15(20-18)23-13-5-3-11(4-6-13)1-2-12-7-9-19-10-8-12/h3-10,20H,17-18H2,(H,21,22)/b15-14+. The number of hydrogen-bond acceptors (Lipinski definition) is 6. The average molecular weight is 310 g/mol. The van der Waals surface area contributed by atoms with Crippen molar-refractivity contribution in [3.8, 4) is 17.6 Å². The Balaban J connectivity index is 2.13. The van der Waals surface area contributed by atoms with Crippen LogP contribution in [0.5, 0.6) is 5.75 Å². The predicted molar refractivity (Wildman–Crippen MR) is 83.5 cm³/mol. The second kappa shape index (κ2) is 7.49. The first-order valence-electron chi connectivity index (χ1n) is 6.50. The largest absolute Gasteiger partial charge is 0.476 e. The monoisotopic (exact) mass is 310 g/mol. The summed E-state index contributed by atoms with van der Waals surface area (Å²) in [5.41, 5.74) is 8.56. The van der Waals surface area contributed by atoms with Crippen molar-refractivity contribution in [3.05, 3.63) is 71.5 Å². The first-order chi connectivity index (χ1) is 11.1. The highest BCUT2D eigenvalue weighted by Gasteiger charge is 2.11. The number of carboxylic acid groups (broad SMARTS) is 1. The molecule has 0 saturated heterocycles. The molecule has 0 atom stereocenters. The molecule has 0 aliphatic carbocycles. The molecule has 0 spiro atoms. The number of ether oxygens (including phenoxy) is 1. The molecule has 0 radical (unpaired) electrons. The van der Waals surface area contributed by atoms with Crippen LogP contribution in [0.3, 0.4) is 0 Å². The van der Waals surface area contributed by atoms with Crippen LogP contribution in [0.25, 0.3) is 0 Å². The van der Waals surface area contributed by atoms with E-state index in [1.54, 1.807) is 36.7 Å². The molecule has 23 heavy (non-hydrogen) atoms. The zero-order valence-corrected chi connectivity index (χ0v) is 12.0. The summed E-state index contributed by atoms with van der Waals surface area (Å²) in [7, 11) is 0. The third kappa shape index (κ3) is 4.49. The van der Waals surface area contributed by atoms with Gasteiger partial charge in [-0.2, -0.15) is 0 Å². The van der Waals surface area contributed by atoms with Crippen LogP contribution < -0.4 is 21.7 Å². The molecule has 1 heterocycles. The van der Waals surface area contributed by atoms with Gasteiger partial charge in [-0.25, -0.2) is 10.6 Å². The number of nitrogens with zero attached hydrogens (tertiary/aromatic N) is 1. The van der Waals surface area contributed by atoms with Crippen LogP contribution >= 0.6 is 0 Å². The Hall–Kier alpha value is -3.50. The third-order valence-electron chi connectivity index (χ3n) is 2.71. The number of pyridine rings is 1. The molecule has 6 N–H and O–H groups in total. The zero-order valence-electron chi connectivity index (χ0n) is 12.0. The molecule has 0 saturated carbocycles. The van der Waals surface area contributed by atoms with Crippen LogP contribution in [0.1, 0.15) is 11.1 Å². The minimum Gasteiger partial charge on any atom is -0.476 e. The van der Waals surface area contributed by atoms with Gasteiger partial charge in [0.1, 0.15) is 5.75 Å². The minimum absolute atomic E-state index is 0.242. The maximum atomic E-state index is 10.8. The second-order valence-corrected chi connectivity index (χ2v) is 4.30. The maximum absolute atomic E-state index is 10.8. The number of carboxylic acids is 1. The van der Waals surface area contributed by atoms with E-state index in [9.17, 15) is 4.79 Å². The highest BCUT2D eigenvalue weighted by atomic mass is 16.5. The minimum atomic E-state index is -1.34. The fourth-order valence-electron chi connectivity index (χ4n) is 1.56.